The largest absolute Gasteiger partial charge is 0.494 e. The number of imidazole rings is 1. The van der Waals surface area contributed by atoms with Crippen molar-refractivity contribution >= 4 is 29.6 Å². The number of thiol groups is 1. The summed E-state index contributed by atoms with van der Waals surface area (Å²) < 4.78 is 7.82. The van der Waals surface area contributed by atoms with Gasteiger partial charge in [-0.25, -0.2) is 4.98 Å². The van der Waals surface area contributed by atoms with E-state index >= 15 is 0 Å². The minimum atomic E-state index is -0.747. The minimum absolute atomic E-state index is 0.215. The van der Waals surface area contributed by atoms with Gasteiger partial charge < -0.3 is 9.84 Å². The van der Waals surface area contributed by atoms with Crippen LogP contribution in [-0.2, 0) is 4.79 Å². The number of nitrogens with zero attached hydrogens (tertiary/aromatic N) is 2. The Labute approximate surface area is 158 Å². The second kappa shape index (κ2) is 8.27. The second-order valence-electron chi connectivity index (χ2n) is 6.29. The summed E-state index contributed by atoms with van der Waals surface area (Å²) in [5.74, 6) is 0.0284. The van der Waals surface area contributed by atoms with Gasteiger partial charge in [0.05, 0.1) is 17.6 Å². The van der Waals surface area contributed by atoms with E-state index in [-0.39, 0.29) is 6.42 Å². The Kier molecular flexibility index (Phi) is 5.83. The molecule has 2 aromatic carbocycles. The van der Waals surface area contributed by atoms with E-state index in [0.29, 0.717) is 18.2 Å². The lowest BCUT2D eigenvalue weighted by Gasteiger charge is -2.09. The number of ether oxygens (including phenoxy) is 1. The zero-order valence-electron chi connectivity index (χ0n) is 14.7. The van der Waals surface area contributed by atoms with Crippen LogP contribution in [0.3, 0.4) is 0 Å². The highest BCUT2D eigenvalue weighted by Gasteiger charge is 2.11. The third-order valence-corrected chi connectivity index (χ3v) is 4.50. The van der Waals surface area contributed by atoms with E-state index < -0.39 is 5.97 Å². The maximum atomic E-state index is 10.5. The Hall–Kier alpha value is -2.47. The highest BCUT2D eigenvalue weighted by atomic mass is 32.1. The molecule has 136 valence electrons. The number of hydrogen-bond acceptors (Lipinski definition) is 4. The number of benzene rings is 2. The summed E-state index contributed by atoms with van der Waals surface area (Å²) >= 11 is 4.52. The summed E-state index contributed by atoms with van der Waals surface area (Å²) in [5, 5.41) is 9.27. The third kappa shape index (κ3) is 4.38. The highest BCUT2D eigenvalue weighted by molar-refractivity contribution is 7.80. The van der Waals surface area contributed by atoms with Crippen LogP contribution in [0, 0.1) is 6.92 Å². The predicted octanol–water partition coefficient (Wildman–Crippen LogP) is 4.65. The molecule has 0 saturated carbocycles. The van der Waals surface area contributed by atoms with Gasteiger partial charge in [-0.3, -0.25) is 9.36 Å². The van der Waals surface area contributed by atoms with Crippen LogP contribution >= 0.6 is 12.6 Å². The first-order valence-electron chi connectivity index (χ1n) is 8.68. The smallest absolute Gasteiger partial charge is 0.303 e. The Bertz CT molecular complexity index is 903. The van der Waals surface area contributed by atoms with Gasteiger partial charge in [0.25, 0.3) is 0 Å². The number of hydrogen-bond donors (Lipinski definition) is 2. The number of aliphatic carboxylic acids is 1. The van der Waals surface area contributed by atoms with Gasteiger partial charge in [0, 0.05) is 18.2 Å². The minimum Gasteiger partial charge on any atom is -0.494 e. The van der Waals surface area contributed by atoms with E-state index in [0.717, 1.165) is 35.3 Å². The number of rotatable bonds is 8. The molecular weight excluding hydrogens is 348 g/mol. The molecule has 26 heavy (non-hydrogen) atoms. The van der Waals surface area contributed by atoms with Crippen LogP contribution in [0.4, 0.5) is 0 Å². The Balaban J connectivity index is 1.72. The fourth-order valence-electron chi connectivity index (χ4n) is 2.83. The van der Waals surface area contributed by atoms with Gasteiger partial charge in [0.1, 0.15) is 5.75 Å². The molecule has 0 aliphatic heterocycles. The average Bonchev–Trinajstić information content (AvgIpc) is 2.94. The number of aryl methyl sites for hydroxylation is 1. The number of fused-ring (bicyclic) bond motifs is 1. The van der Waals surface area contributed by atoms with Crippen molar-refractivity contribution < 1.29 is 14.6 Å². The van der Waals surface area contributed by atoms with Crippen LogP contribution < -0.4 is 4.74 Å². The van der Waals surface area contributed by atoms with Gasteiger partial charge in [-0.1, -0.05) is 17.7 Å². The lowest BCUT2D eigenvalue weighted by Crippen LogP contribution is -1.99. The first kappa shape index (κ1) is 18.3. The standard InChI is InChI=1S/C20H22N2O3S/c1-14-6-8-15(9-7-14)22-18-13-16(10-11-17(18)21-20(22)26)25-12-4-2-3-5-19(23)24/h6-11,13H,2-5,12H2,1H3,(H,21,26)(H,23,24). The van der Waals surface area contributed by atoms with Crippen molar-refractivity contribution in [3.63, 3.8) is 0 Å². The van der Waals surface area contributed by atoms with Crippen LogP contribution in [0.15, 0.2) is 47.6 Å². The van der Waals surface area contributed by atoms with Gasteiger partial charge in [-0.2, -0.15) is 0 Å². The van der Waals surface area contributed by atoms with Crippen molar-refractivity contribution in [3.05, 3.63) is 48.0 Å². The van der Waals surface area contributed by atoms with E-state index in [1.165, 1.54) is 5.56 Å². The SMILES string of the molecule is Cc1ccc(-n2c(S)nc3ccc(OCCCCCC(=O)O)cc32)cc1. The summed E-state index contributed by atoms with van der Waals surface area (Å²) in [4.78, 5) is 15.0. The van der Waals surface area contributed by atoms with Crippen LogP contribution in [0.25, 0.3) is 16.7 Å². The van der Waals surface area contributed by atoms with Crippen molar-refractivity contribution in [2.45, 2.75) is 37.8 Å². The van der Waals surface area contributed by atoms with Crippen LogP contribution in [-0.4, -0.2) is 27.2 Å². The normalized spacial score (nSPS) is 11.0. The van der Waals surface area contributed by atoms with E-state index in [4.69, 9.17) is 9.84 Å². The molecule has 0 aliphatic carbocycles. The topological polar surface area (TPSA) is 64.4 Å². The summed E-state index contributed by atoms with van der Waals surface area (Å²) in [6.45, 7) is 2.62. The number of carboxylic acids is 1. The molecule has 6 heteroatoms. The molecule has 1 heterocycles. The molecule has 0 unspecified atom stereocenters. The lowest BCUT2D eigenvalue weighted by atomic mass is 10.2. The van der Waals surface area contributed by atoms with Gasteiger partial charge in [0.2, 0.25) is 0 Å². The van der Waals surface area contributed by atoms with Gasteiger partial charge in [0.15, 0.2) is 5.16 Å². The van der Waals surface area contributed by atoms with Crippen molar-refractivity contribution in [3.8, 4) is 11.4 Å². The van der Waals surface area contributed by atoms with Crippen molar-refractivity contribution in [2.75, 3.05) is 6.61 Å². The van der Waals surface area contributed by atoms with Gasteiger partial charge in [-0.15, -0.1) is 12.6 Å². The van der Waals surface area contributed by atoms with Crippen LogP contribution in [0.1, 0.15) is 31.2 Å². The molecular formula is C20H22N2O3S. The molecule has 3 rings (SSSR count). The number of carboxylic acid groups (broad SMARTS) is 1. The summed E-state index contributed by atoms with van der Waals surface area (Å²) in [6.07, 6.45) is 2.57. The Morgan fingerprint density at radius 3 is 2.65 bits per heavy atom. The number of carbonyl (C=O) groups is 1. The molecule has 0 spiro atoms. The van der Waals surface area contributed by atoms with Crippen molar-refractivity contribution in [2.24, 2.45) is 0 Å². The zero-order chi connectivity index (χ0) is 18.5. The van der Waals surface area contributed by atoms with Crippen molar-refractivity contribution in [1.29, 1.82) is 0 Å². The van der Waals surface area contributed by atoms with E-state index in [1.54, 1.807) is 0 Å². The number of unbranched alkanes of at least 4 members (excludes halogenated alkanes) is 2. The molecule has 0 radical (unpaired) electrons. The van der Waals surface area contributed by atoms with Gasteiger partial charge >= 0.3 is 5.97 Å². The van der Waals surface area contributed by atoms with E-state index in [1.807, 2.05) is 34.9 Å². The Morgan fingerprint density at radius 1 is 1.15 bits per heavy atom. The first-order chi connectivity index (χ1) is 12.5. The van der Waals surface area contributed by atoms with E-state index in [9.17, 15) is 4.79 Å². The molecule has 0 saturated heterocycles. The summed E-state index contributed by atoms with van der Waals surface area (Å²) in [5.41, 5.74) is 4.02. The molecule has 3 aromatic rings. The molecule has 0 aliphatic rings. The molecule has 1 N–H and O–H groups in total. The maximum absolute atomic E-state index is 10.5. The monoisotopic (exact) mass is 370 g/mol. The second-order valence-corrected chi connectivity index (χ2v) is 6.69. The molecule has 5 nitrogen and oxygen atoms in total. The Morgan fingerprint density at radius 2 is 1.92 bits per heavy atom. The zero-order valence-corrected chi connectivity index (χ0v) is 15.6. The molecule has 0 bridgehead atoms. The highest BCUT2D eigenvalue weighted by Crippen LogP contribution is 2.27. The fraction of sp³-hybridized carbons (Fsp3) is 0.300. The maximum Gasteiger partial charge on any atom is 0.303 e. The third-order valence-electron chi connectivity index (χ3n) is 4.20. The number of aromatic nitrogens is 2. The molecule has 0 fully saturated rings. The van der Waals surface area contributed by atoms with Crippen LogP contribution in [0.5, 0.6) is 5.75 Å². The first-order valence-corrected chi connectivity index (χ1v) is 9.12. The quantitative estimate of drug-likeness (QED) is 0.448. The average molecular weight is 370 g/mol. The van der Waals surface area contributed by atoms with E-state index in [2.05, 4.69) is 36.7 Å². The molecule has 1 aromatic heterocycles. The lowest BCUT2D eigenvalue weighted by molar-refractivity contribution is -0.137. The molecule has 0 amide bonds. The van der Waals surface area contributed by atoms with Gasteiger partial charge in [-0.05, 0) is 50.5 Å². The molecule has 0 atom stereocenters. The van der Waals surface area contributed by atoms with Crippen LogP contribution in [0.2, 0.25) is 0 Å². The summed E-state index contributed by atoms with van der Waals surface area (Å²) in [7, 11) is 0. The predicted molar refractivity (Wildman–Crippen MR) is 105 cm³/mol. The summed E-state index contributed by atoms with van der Waals surface area (Å²) in [6, 6.07) is 14.0. The van der Waals surface area contributed by atoms with Crippen molar-refractivity contribution in [1.82, 2.24) is 9.55 Å². The fourth-order valence-corrected chi connectivity index (χ4v) is 3.16.